The first-order valence-electron chi connectivity index (χ1n) is 37.2. The Morgan fingerprint density at radius 2 is 0.973 bits per heavy atom. The smallest absolute Gasteiger partial charge is 0.258 e. The third-order valence-corrected chi connectivity index (χ3v) is 18.2. The summed E-state index contributed by atoms with van der Waals surface area (Å²) in [5, 5.41) is 24.8. The highest BCUT2D eigenvalue weighted by Gasteiger charge is 2.23. The van der Waals surface area contributed by atoms with E-state index in [1.54, 1.807) is 55.6 Å². The van der Waals surface area contributed by atoms with Crippen molar-refractivity contribution >= 4 is 5.82 Å². The van der Waals surface area contributed by atoms with E-state index in [2.05, 4.69) is 166 Å². The van der Waals surface area contributed by atoms with Crippen molar-refractivity contribution < 1.29 is 37.0 Å². The first-order chi connectivity index (χ1) is 53.6. The molecule has 11 heterocycles. The number of aryl methyl sites for hydroxylation is 1. The molecule has 14 aromatic rings. The minimum absolute atomic E-state index is 0.0403. The first kappa shape index (κ1) is 77.0. The summed E-state index contributed by atoms with van der Waals surface area (Å²) >= 11 is 0. The predicted octanol–water partition coefficient (Wildman–Crippen LogP) is 17.6. The van der Waals surface area contributed by atoms with Gasteiger partial charge in [-0.1, -0.05) is 110 Å². The van der Waals surface area contributed by atoms with Crippen molar-refractivity contribution in [1.29, 1.82) is 0 Å². The van der Waals surface area contributed by atoms with E-state index in [4.69, 9.17) is 42.8 Å². The summed E-state index contributed by atoms with van der Waals surface area (Å²) in [6, 6.07) is 45.5. The molecule has 0 radical (unpaired) electrons. The number of aromatic nitrogens is 16. The fraction of sp³-hybridized carbons (Fsp3) is 0.306. The second kappa shape index (κ2) is 37.7. The number of nitrogens with zero attached hydrogens (tertiary/aromatic N) is 16. The van der Waals surface area contributed by atoms with Gasteiger partial charge in [0.15, 0.2) is 34.6 Å². The van der Waals surface area contributed by atoms with Gasteiger partial charge in [0, 0.05) is 108 Å². The molecular weight excluding hydrogens is 1390 g/mol. The molecule has 1 saturated carbocycles. The van der Waals surface area contributed by atoms with E-state index in [-0.39, 0.29) is 11.8 Å². The summed E-state index contributed by atoms with van der Waals surface area (Å²) in [7, 11) is 1.95. The second-order valence-corrected chi connectivity index (χ2v) is 27.5. The van der Waals surface area contributed by atoms with Gasteiger partial charge >= 0.3 is 0 Å². The summed E-state index contributed by atoms with van der Waals surface area (Å²) in [4.78, 5) is 38.0. The Morgan fingerprint density at radius 1 is 0.464 bits per heavy atom. The molecule has 1 aliphatic carbocycles. The average molecular weight is 1480 g/mol. The lowest BCUT2D eigenvalue weighted by atomic mass is 9.97. The van der Waals surface area contributed by atoms with Gasteiger partial charge in [0.2, 0.25) is 41.0 Å². The molecule has 1 aliphatic heterocycles. The van der Waals surface area contributed by atoms with Crippen LogP contribution >= 0.6 is 0 Å². The van der Waals surface area contributed by atoms with Crippen LogP contribution in [0, 0.1) is 24.7 Å². The lowest BCUT2D eigenvalue weighted by Crippen LogP contribution is -2.15. The minimum Gasteiger partial charge on any atom is -0.490 e. The highest BCUT2D eigenvalue weighted by molar-refractivity contribution is 5.66. The van der Waals surface area contributed by atoms with E-state index in [0.29, 0.717) is 96.6 Å². The number of hydrogen-bond donors (Lipinski definition) is 1. The molecule has 0 saturated heterocycles. The monoisotopic (exact) mass is 1480 g/mol. The number of nitrogens with two attached hydrogens (primary N) is 1. The molecule has 2 atom stereocenters. The first-order valence-corrected chi connectivity index (χ1v) is 37.2. The summed E-state index contributed by atoms with van der Waals surface area (Å²) in [5.41, 5.74) is 18.0. The van der Waals surface area contributed by atoms with Gasteiger partial charge in [-0.15, -0.1) is 10.2 Å². The van der Waals surface area contributed by atoms with Crippen LogP contribution in [0.15, 0.2) is 213 Å². The topological polar surface area (TPSA) is 314 Å². The van der Waals surface area contributed by atoms with Gasteiger partial charge in [-0.25, -0.2) is 4.98 Å². The molecule has 4 aromatic carbocycles. The third kappa shape index (κ3) is 20.7. The zero-order valence-electron chi connectivity index (χ0n) is 63.6. The number of anilines is 1. The van der Waals surface area contributed by atoms with Crippen molar-refractivity contribution in [1.82, 2.24) is 80.2 Å². The highest BCUT2D eigenvalue weighted by atomic mass is 16.6. The van der Waals surface area contributed by atoms with Gasteiger partial charge in [-0.2, -0.15) is 19.9 Å². The molecule has 0 amide bonds. The van der Waals surface area contributed by atoms with E-state index in [9.17, 15) is 0 Å². The number of nitrogen functional groups attached to an aromatic ring is 1. The van der Waals surface area contributed by atoms with Crippen molar-refractivity contribution in [2.75, 3.05) is 32.2 Å². The molecule has 110 heavy (non-hydrogen) atoms. The Labute approximate surface area is 639 Å². The number of pyridine rings is 5. The Balaban J connectivity index is 0.000000129. The van der Waals surface area contributed by atoms with Gasteiger partial charge in [0.05, 0.1) is 25.0 Å². The van der Waals surface area contributed by atoms with Crippen LogP contribution in [-0.4, -0.2) is 107 Å². The molecule has 0 spiro atoms. The molecule has 0 bridgehead atoms. The summed E-state index contributed by atoms with van der Waals surface area (Å²) < 4.78 is 45.9. The van der Waals surface area contributed by atoms with Crippen LogP contribution in [0.25, 0.3) is 79.8 Å². The van der Waals surface area contributed by atoms with Gasteiger partial charge < -0.3 is 47.3 Å². The fourth-order valence-corrected chi connectivity index (χ4v) is 12.5. The number of ether oxygens (including phenoxy) is 4. The van der Waals surface area contributed by atoms with E-state index >= 15 is 0 Å². The number of benzene rings is 4. The minimum atomic E-state index is 0.0403. The van der Waals surface area contributed by atoms with E-state index in [1.807, 2.05) is 124 Å². The van der Waals surface area contributed by atoms with Gasteiger partial charge in [-0.3, -0.25) is 19.9 Å². The normalized spacial score (nSPS) is 12.8. The van der Waals surface area contributed by atoms with Gasteiger partial charge in [0.1, 0.15) is 19.0 Å². The molecule has 10 aromatic heterocycles. The van der Waals surface area contributed by atoms with E-state index in [0.717, 1.165) is 104 Å². The van der Waals surface area contributed by atoms with Crippen LogP contribution in [0.3, 0.4) is 0 Å². The number of hydrogen-bond acceptors (Lipinski definition) is 24. The van der Waals surface area contributed by atoms with Gasteiger partial charge in [-0.05, 0) is 197 Å². The maximum Gasteiger partial charge on any atom is 0.258 e. The molecule has 2 aliphatic rings. The van der Waals surface area contributed by atoms with Crippen LogP contribution in [0.5, 0.6) is 23.0 Å². The van der Waals surface area contributed by atoms with E-state index < -0.39 is 0 Å². The standard InChI is InChI=1S/C20H23N3O.C19H22N4O.C18H20N4O2.C15H11N3O3.C13H15N3O/c1-13(2)9-16-5-7-17(8-6-16)15(4)20-22-19(23-24-20)18-10-14(3)11-21-12-18;1-12(2)10-14-4-6-15(7-5-14)13(3)19-22-18(23-24-19)16-8-9-21-17(20)11-16;1-4-23-15-7-6-14(12-16(15)24-5-2)18-21-20-17(22(18)3)13-8-10-19-11-9-13;1-2-12-13(20-8-7-19-12)9-11(1)15-17-14(18-21-15)10-3-5-16-6-4-10;1-2-4-10(3-1)9-12-15-13(16-17-12)11-5-7-14-8-6-11/h5-8,10-13,15H,9H2,1-4H3;4-9,11-13H,10H2,1-3H3,(H2,20,21);6-12H,4-5H2,1-3H3;1-6,9H,7-8H2;5-8,10H,1-4,9H2. The molecule has 2 unspecified atom stereocenters. The molecule has 1 fully saturated rings. The summed E-state index contributed by atoms with van der Waals surface area (Å²) in [6.45, 7) is 21.2. The van der Waals surface area contributed by atoms with Crippen molar-refractivity contribution in [2.24, 2.45) is 24.8 Å². The van der Waals surface area contributed by atoms with Gasteiger partial charge in [0.25, 0.3) is 5.89 Å². The van der Waals surface area contributed by atoms with Crippen LogP contribution in [0.4, 0.5) is 5.82 Å². The van der Waals surface area contributed by atoms with Crippen LogP contribution in [0.1, 0.15) is 138 Å². The zero-order chi connectivity index (χ0) is 76.7. The highest BCUT2D eigenvalue weighted by Crippen LogP contribution is 2.37. The van der Waals surface area contributed by atoms with Crippen molar-refractivity contribution in [3.05, 3.63) is 241 Å². The maximum atomic E-state index is 5.70. The third-order valence-electron chi connectivity index (χ3n) is 18.2. The SMILES string of the molecule is CC(C)Cc1ccc(C(C)c2nc(-c3ccnc(N)c3)no2)cc1.CCOc1ccc(-c2nnc(-c3ccncc3)n2C)cc1OCC.Cc1cncc(-c2noc(C(C)c3ccc(CC(C)C)cc3)n2)c1.c1cc(-c2noc(-c3ccc4c(c3)OCCO4)n2)ccn1.c1cc(-c2noc(CC3CCCC3)n2)ccn1. The predicted molar refractivity (Wildman–Crippen MR) is 418 cm³/mol. The van der Waals surface area contributed by atoms with Crippen molar-refractivity contribution in [3.63, 3.8) is 0 Å². The quantitative estimate of drug-likeness (QED) is 0.0698. The zero-order valence-corrected chi connectivity index (χ0v) is 63.6. The van der Waals surface area contributed by atoms with Crippen LogP contribution in [-0.2, 0) is 26.3 Å². The molecular formula is C85H91N17O8. The van der Waals surface area contributed by atoms with E-state index in [1.165, 1.54) is 42.4 Å². The molecule has 16 rings (SSSR count). The van der Waals surface area contributed by atoms with Crippen LogP contribution < -0.4 is 24.7 Å². The number of rotatable bonds is 21. The molecule has 25 nitrogen and oxygen atoms in total. The Hall–Kier alpha value is -12.7. The number of fused-ring (bicyclic) bond motifs is 1. The molecule has 25 heteroatoms. The van der Waals surface area contributed by atoms with Crippen molar-refractivity contribution in [3.8, 4) is 103 Å². The largest absolute Gasteiger partial charge is 0.490 e. The summed E-state index contributed by atoms with van der Waals surface area (Å²) in [6.07, 6.45) is 23.9. The Morgan fingerprint density at radius 3 is 1.55 bits per heavy atom. The Kier molecular flexibility index (Phi) is 26.4. The maximum absolute atomic E-state index is 5.70. The lowest BCUT2D eigenvalue weighted by Gasteiger charge is -2.18. The fourth-order valence-electron chi connectivity index (χ4n) is 12.5. The summed E-state index contributed by atoms with van der Waals surface area (Å²) in [5.74, 6) is 11.8. The van der Waals surface area contributed by atoms with Crippen LogP contribution in [0.2, 0.25) is 0 Å². The second-order valence-electron chi connectivity index (χ2n) is 27.5. The molecule has 564 valence electrons. The van der Waals surface area contributed by atoms with Crippen molar-refractivity contribution in [2.45, 2.75) is 119 Å². The molecule has 2 N–H and O–H groups in total. The Bertz CT molecular complexity index is 5020. The average Bonchev–Trinajstić information content (AvgIpc) is 1.65. The lowest BCUT2D eigenvalue weighted by molar-refractivity contribution is 0.171.